The summed E-state index contributed by atoms with van der Waals surface area (Å²) >= 11 is 0. The molecule has 1 atom stereocenters. The first-order chi connectivity index (χ1) is 7.36. The van der Waals surface area contributed by atoms with Crippen molar-refractivity contribution in [2.24, 2.45) is 10.7 Å². The fourth-order valence-corrected chi connectivity index (χ4v) is 2.21. The lowest BCUT2D eigenvalue weighted by molar-refractivity contribution is 0.117. The molecule has 2 saturated heterocycles. The van der Waals surface area contributed by atoms with Gasteiger partial charge in [-0.3, -0.25) is 4.99 Å². The number of ether oxygens (including phenoxy) is 1. The number of halogens is 1. The lowest BCUT2D eigenvalue weighted by atomic mass is 10.1. The molecule has 0 bridgehead atoms. The molecule has 2 fully saturated rings. The first-order valence-corrected chi connectivity index (χ1v) is 6.03. The summed E-state index contributed by atoms with van der Waals surface area (Å²) < 4.78 is 5.51. The molecule has 0 aliphatic carbocycles. The van der Waals surface area contributed by atoms with Crippen molar-refractivity contribution in [3.05, 3.63) is 0 Å². The summed E-state index contributed by atoms with van der Waals surface area (Å²) in [6.07, 6.45) is 6.44. The second-order valence-corrected chi connectivity index (χ2v) is 4.38. The lowest BCUT2D eigenvalue weighted by Gasteiger charge is -2.27. The third-order valence-corrected chi connectivity index (χ3v) is 3.16. The molecule has 5 heteroatoms. The SMILES string of the molecule is I.NC(=NCC1CCCO1)N1CCCCC1. The Kier molecular flexibility index (Phi) is 6.41. The normalized spacial score (nSPS) is 26.6. The van der Waals surface area contributed by atoms with E-state index in [0.717, 1.165) is 32.7 Å². The molecule has 2 rings (SSSR count). The van der Waals surface area contributed by atoms with E-state index in [4.69, 9.17) is 10.5 Å². The van der Waals surface area contributed by atoms with Gasteiger partial charge in [0.25, 0.3) is 0 Å². The summed E-state index contributed by atoms with van der Waals surface area (Å²) in [5.74, 6) is 0.713. The van der Waals surface area contributed by atoms with Crippen molar-refractivity contribution in [3.63, 3.8) is 0 Å². The van der Waals surface area contributed by atoms with Crippen LogP contribution in [0.1, 0.15) is 32.1 Å². The van der Waals surface area contributed by atoms with Crippen LogP contribution in [0.5, 0.6) is 0 Å². The van der Waals surface area contributed by atoms with Crippen LogP contribution in [0.2, 0.25) is 0 Å². The van der Waals surface area contributed by atoms with E-state index in [1.165, 1.54) is 25.7 Å². The van der Waals surface area contributed by atoms with Crippen molar-refractivity contribution in [2.45, 2.75) is 38.2 Å². The monoisotopic (exact) mass is 339 g/mol. The predicted molar refractivity (Wildman–Crippen MR) is 76.3 cm³/mol. The second-order valence-electron chi connectivity index (χ2n) is 4.38. The fourth-order valence-electron chi connectivity index (χ4n) is 2.21. The van der Waals surface area contributed by atoms with E-state index in [1.54, 1.807) is 0 Å². The first-order valence-electron chi connectivity index (χ1n) is 6.03. The van der Waals surface area contributed by atoms with Crippen molar-refractivity contribution in [1.82, 2.24) is 4.90 Å². The van der Waals surface area contributed by atoms with Gasteiger partial charge in [-0.2, -0.15) is 0 Å². The molecule has 16 heavy (non-hydrogen) atoms. The van der Waals surface area contributed by atoms with Crippen LogP contribution in [-0.2, 0) is 4.74 Å². The highest BCUT2D eigenvalue weighted by Crippen LogP contribution is 2.12. The van der Waals surface area contributed by atoms with E-state index in [9.17, 15) is 0 Å². The molecule has 2 N–H and O–H groups in total. The van der Waals surface area contributed by atoms with Gasteiger partial charge in [-0.25, -0.2) is 0 Å². The maximum absolute atomic E-state index is 5.95. The molecule has 0 aromatic rings. The number of rotatable bonds is 2. The molecule has 0 spiro atoms. The van der Waals surface area contributed by atoms with Crippen LogP contribution >= 0.6 is 24.0 Å². The minimum atomic E-state index is 0. The van der Waals surface area contributed by atoms with Crippen molar-refractivity contribution in [2.75, 3.05) is 26.2 Å². The molecule has 4 nitrogen and oxygen atoms in total. The Hall–Kier alpha value is -0.0400. The third-order valence-electron chi connectivity index (χ3n) is 3.16. The summed E-state index contributed by atoms with van der Waals surface area (Å²) in [6.45, 7) is 3.77. The molecule has 2 heterocycles. The van der Waals surface area contributed by atoms with E-state index in [-0.39, 0.29) is 24.0 Å². The number of likely N-dealkylation sites (tertiary alicyclic amines) is 1. The standard InChI is InChI=1S/C11H21N3O.HI/c12-11(14-6-2-1-3-7-14)13-9-10-5-4-8-15-10;/h10H,1-9H2,(H2,12,13);1H. The number of nitrogens with two attached hydrogens (primary N) is 1. The minimum Gasteiger partial charge on any atom is -0.376 e. The van der Waals surface area contributed by atoms with Gasteiger partial charge in [0.15, 0.2) is 5.96 Å². The van der Waals surface area contributed by atoms with Gasteiger partial charge in [0, 0.05) is 19.7 Å². The number of aliphatic imine (C=N–C) groups is 1. The van der Waals surface area contributed by atoms with Crippen molar-refractivity contribution in [3.8, 4) is 0 Å². The molecular weight excluding hydrogens is 317 g/mol. The molecule has 94 valence electrons. The van der Waals surface area contributed by atoms with Gasteiger partial charge in [0.1, 0.15) is 0 Å². The number of nitrogens with zero attached hydrogens (tertiary/aromatic N) is 2. The predicted octanol–water partition coefficient (Wildman–Crippen LogP) is 1.58. The number of piperidine rings is 1. The molecule has 1 unspecified atom stereocenters. The Morgan fingerprint density at radius 3 is 2.62 bits per heavy atom. The number of hydrogen-bond donors (Lipinski definition) is 1. The molecule has 2 aliphatic rings. The Labute approximate surface area is 115 Å². The van der Waals surface area contributed by atoms with Gasteiger partial charge in [-0.15, -0.1) is 24.0 Å². The number of hydrogen-bond acceptors (Lipinski definition) is 2. The molecule has 0 amide bonds. The zero-order valence-electron chi connectivity index (χ0n) is 9.73. The Bertz CT molecular complexity index is 223. The highest BCUT2D eigenvalue weighted by molar-refractivity contribution is 14.0. The molecule has 2 aliphatic heterocycles. The molecular formula is C11H22IN3O. The van der Waals surface area contributed by atoms with Crippen LogP contribution in [-0.4, -0.2) is 43.2 Å². The Morgan fingerprint density at radius 1 is 1.25 bits per heavy atom. The summed E-state index contributed by atoms with van der Waals surface area (Å²) in [4.78, 5) is 6.62. The molecule has 0 saturated carbocycles. The van der Waals surface area contributed by atoms with Gasteiger partial charge < -0.3 is 15.4 Å². The lowest BCUT2D eigenvalue weighted by Crippen LogP contribution is -2.41. The zero-order chi connectivity index (χ0) is 10.5. The Morgan fingerprint density at radius 2 is 2.00 bits per heavy atom. The minimum absolute atomic E-state index is 0. The van der Waals surface area contributed by atoms with E-state index in [0.29, 0.717) is 12.1 Å². The van der Waals surface area contributed by atoms with Crippen LogP contribution in [0.25, 0.3) is 0 Å². The summed E-state index contributed by atoms with van der Waals surface area (Å²) in [6, 6.07) is 0. The van der Waals surface area contributed by atoms with Gasteiger partial charge in [0.05, 0.1) is 12.6 Å². The third kappa shape index (κ3) is 4.08. The zero-order valence-corrected chi connectivity index (χ0v) is 12.1. The maximum atomic E-state index is 5.95. The first kappa shape index (κ1) is 14.0. The van der Waals surface area contributed by atoms with Crippen LogP contribution in [0.15, 0.2) is 4.99 Å². The second kappa shape index (κ2) is 7.32. The van der Waals surface area contributed by atoms with Gasteiger partial charge >= 0.3 is 0 Å². The summed E-state index contributed by atoms with van der Waals surface area (Å²) in [7, 11) is 0. The van der Waals surface area contributed by atoms with Crippen molar-refractivity contribution < 1.29 is 4.74 Å². The topological polar surface area (TPSA) is 50.9 Å². The average Bonchev–Trinajstić information content (AvgIpc) is 2.80. The van der Waals surface area contributed by atoms with Gasteiger partial charge in [-0.1, -0.05) is 0 Å². The number of guanidine groups is 1. The van der Waals surface area contributed by atoms with E-state index in [1.807, 2.05) is 0 Å². The van der Waals surface area contributed by atoms with Crippen LogP contribution in [0.3, 0.4) is 0 Å². The van der Waals surface area contributed by atoms with Crippen LogP contribution in [0.4, 0.5) is 0 Å². The van der Waals surface area contributed by atoms with Crippen molar-refractivity contribution in [1.29, 1.82) is 0 Å². The quantitative estimate of drug-likeness (QED) is 0.472. The van der Waals surface area contributed by atoms with Crippen LogP contribution in [0, 0.1) is 0 Å². The van der Waals surface area contributed by atoms with Crippen LogP contribution < -0.4 is 5.73 Å². The van der Waals surface area contributed by atoms with Gasteiger partial charge in [-0.05, 0) is 32.1 Å². The average molecular weight is 339 g/mol. The Balaban J connectivity index is 0.00000128. The summed E-state index contributed by atoms with van der Waals surface area (Å²) in [5.41, 5.74) is 5.95. The largest absolute Gasteiger partial charge is 0.376 e. The highest BCUT2D eigenvalue weighted by Gasteiger charge is 2.16. The smallest absolute Gasteiger partial charge is 0.191 e. The highest BCUT2D eigenvalue weighted by atomic mass is 127. The molecule has 0 radical (unpaired) electrons. The van der Waals surface area contributed by atoms with E-state index < -0.39 is 0 Å². The molecule has 0 aromatic carbocycles. The summed E-state index contributed by atoms with van der Waals surface area (Å²) in [5, 5.41) is 0. The van der Waals surface area contributed by atoms with E-state index in [2.05, 4.69) is 9.89 Å². The molecule has 0 aromatic heterocycles. The van der Waals surface area contributed by atoms with Crippen molar-refractivity contribution >= 4 is 29.9 Å². The van der Waals surface area contributed by atoms with E-state index >= 15 is 0 Å². The fraction of sp³-hybridized carbons (Fsp3) is 0.909. The van der Waals surface area contributed by atoms with Gasteiger partial charge in [0.2, 0.25) is 0 Å². The maximum Gasteiger partial charge on any atom is 0.191 e.